The molecule has 1 aromatic carbocycles. The number of para-hydroxylation sites is 1. The van der Waals surface area contributed by atoms with Gasteiger partial charge in [0.15, 0.2) is 17.1 Å². The number of rotatable bonds is 11. The van der Waals surface area contributed by atoms with Gasteiger partial charge in [-0.15, -0.1) is 0 Å². The van der Waals surface area contributed by atoms with Crippen LogP contribution in [0.25, 0.3) is 5.65 Å². The first-order valence-corrected chi connectivity index (χ1v) is 13.9. The number of aromatic nitrogens is 4. The summed E-state index contributed by atoms with van der Waals surface area (Å²) in [6.07, 6.45) is -1.52. The first-order chi connectivity index (χ1) is 18.4. The lowest BCUT2D eigenvalue weighted by Crippen LogP contribution is -2.41. The van der Waals surface area contributed by atoms with Gasteiger partial charge >= 0.3 is 13.7 Å². The van der Waals surface area contributed by atoms with Crippen LogP contribution in [0.2, 0.25) is 0 Å². The third-order valence-electron chi connectivity index (χ3n) is 6.36. The molecule has 15 heteroatoms. The summed E-state index contributed by atoms with van der Waals surface area (Å²) in [6.45, 7) is 5.65. The van der Waals surface area contributed by atoms with Crippen LogP contribution in [-0.2, 0) is 23.4 Å². The van der Waals surface area contributed by atoms with Gasteiger partial charge in [-0.05, 0) is 39.3 Å². The van der Waals surface area contributed by atoms with Gasteiger partial charge in [-0.1, -0.05) is 25.1 Å². The topological polar surface area (TPSA) is 172 Å². The molecule has 0 amide bonds. The molecule has 1 aliphatic rings. The molecule has 13 nitrogen and oxygen atoms in total. The predicted octanol–water partition coefficient (Wildman–Crippen LogP) is 2.76. The number of fused-ring (bicyclic) bond motifs is 1. The average Bonchev–Trinajstić information content (AvgIpc) is 3.42. The van der Waals surface area contributed by atoms with Gasteiger partial charge < -0.3 is 24.8 Å². The minimum Gasteiger partial charge on any atom is -0.462 e. The maximum atomic E-state index is 15.8. The summed E-state index contributed by atoms with van der Waals surface area (Å²) < 4.78 is 53.2. The average molecular weight is 567 g/mol. The molecule has 212 valence electrons. The highest BCUT2D eigenvalue weighted by Crippen LogP contribution is 2.48. The normalized spacial score (nSPS) is 26.2. The number of hydrogen-bond donors (Lipinski definition) is 3. The number of nitrogens with one attached hydrogen (secondary N) is 1. The smallest absolute Gasteiger partial charge is 0.459 e. The molecule has 0 bridgehead atoms. The number of aliphatic hydroxyl groups is 1. The van der Waals surface area contributed by atoms with E-state index in [-0.39, 0.29) is 29.0 Å². The molecular weight excluding hydrogens is 534 g/mol. The number of carbonyl (C=O) groups excluding carboxylic acids is 1. The fourth-order valence-electron chi connectivity index (χ4n) is 3.98. The Labute approximate surface area is 224 Å². The number of halogens is 1. The molecule has 0 aliphatic carbocycles. The zero-order chi connectivity index (χ0) is 28.4. The zero-order valence-corrected chi connectivity index (χ0v) is 22.8. The first kappa shape index (κ1) is 28.8. The molecule has 2 aromatic heterocycles. The lowest BCUT2D eigenvalue weighted by molar-refractivity contribution is -0.150. The van der Waals surface area contributed by atoms with Crippen LogP contribution >= 0.6 is 7.75 Å². The summed E-state index contributed by atoms with van der Waals surface area (Å²) in [4.78, 5) is 20.5. The summed E-state index contributed by atoms with van der Waals surface area (Å²) >= 11 is 0. The number of esters is 1. The van der Waals surface area contributed by atoms with Gasteiger partial charge in [0.1, 0.15) is 36.4 Å². The van der Waals surface area contributed by atoms with Crippen molar-refractivity contribution in [2.75, 3.05) is 12.3 Å². The molecule has 4 N–H and O–H groups in total. The summed E-state index contributed by atoms with van der Waals surface area (Å²) in [7, 11) is -4.27. The Morgan fingerprint density at radius 1 is 1.33 bits per heavy atom. The largest absolute Gasteiger partial charge is 0.462 e. The highest BCUT2D eigenvalue weighted by Gasteiger charge is 2.56. The number of carbonyl (C=O) groups is 1. The van der Waals surface area contributed by atoms with Crippen molar-refractivity contribution in [3.8, 4) is 5.75 Å². The molecular formula is C24H32FN6O7P. The van der Waals surface area contributed by atoms with Crippen LogP contribution < -0.4 is 15.3 Å². The van der Waals surface area contributed by atoms with E-state index < -0.39 is 50.3 Å². The Morgan fingerprint density at radius 2 is 2.05 bits per heavy atom. The zero-order valence-electron chi connectivity index (χ0n) is 21.9. The SMILES string of the molecule is CC[C@@H](C)OC(=O)[C@H](C)NP(=O)(OC[C@H]1O[C@@H](c2cnc3c(N)ncnn23)[C@](C)(F)[C@@H]1O)Oc1ccccc1. The van der Waals surface area contributed by atoms with Gasteiger partial charge in [0.05, 0.1) is 24.6 Å². The predicted molar refractivity (Wildman–Crippen MR) is 137 cm³/mol. The van der Waals surface area contributed by atoms with E-state index in [9.17, 15) is 14.5 Å². The lowest BCUT2D eigenvalue weighted by atomic mass is 9.93. The van der Waals surface area contributed by atoms with Crippen LogP contribution in [0.1, 0.15) is 45.9 Å². The number of nitrogens with zero attached hydrogens (tertiary/aromatic N) is 4. The van der Waals surface area contributed by atoms with Crippen LogP contribution in [-0.4, -0.2) is 67.3 Å². The van der Waals surface area contributed by atoms with Crippen molar-refractivity contribution in [1.82, 2.24) is 24.7 Å². The molecule has 39 heavy (non-hydrogen) atoms. The molecule has 3 heterocycles. The Hall–Kier alpha value is -3.16. The molecule has 0 saturated carbocycles. The van der Waals surface area contributed by atoms with E-state index >= 15 is 4.39 Å². The number of benzene rings is 1. The molecule has 1 saturated heterocycles. The van der Waals surface area contributed by atoms with E-state index in [0.717, 1.165) is 6.92 Å². The number of imidazole rings is 1. The van der Waals surface area contributed by atoms with Gasteiger partial charge in [-0.25, -0.2) is 23.4 Å². The third-order valence-corrected chi connectivity index (χ3v) is 8.00. The molecule has 0 radical (unpaired) electrons. The first-order valence-electron chi connectivity index (χ1n) is 12.4. The number of aliphatic hydroxyl groups excluding tert-OH is 1. The number of anilines is 1. The fourth-order valence-corrected chi connectivity index (χ4v) is 5.48. The summed E-state index contributed by atoms with van der Waals surface area (Å²) in [5, 5.41) is 17.4. The minimum atomic E-state index is -4.27. The summed E-state index contributed by atoms with van der Waals surface area (Å²) in [5.41, 5.74) is 3.90. The van der Waals surface area contributed by atoms with E-state index in [2.05, 4.69) is 20.2 Å². The molecule has 3 aromatic rings. The number of alkyl halides is 1. The number of ether oxygens (including phenoxy) is 2. The second-order valence-electron chi connectivity index (χ2n) is 9.42. The maximum absolute atomic E-state index is 15.8. The molecule has 7 atom stereocenters. The second kappa shape index (κ2) is 11.5. The van der Waals surface area contributed by atoms with Crippen LogP contribution in [0.5, 0.6) is 5.75 Å². The Bertz CT molecular complexity index is 1340. The van der Waals surface area contributed by atoms with E-state index in [4.69, 9.17) is 24.3 Å². The van der Waals surface area contributed by atoms with Crippen molar-refractivity contribution >= 4 is 25.2 Å². The van der Waals surface area contributed by atoms with Crippen molar-refractivity contribution in [1.29, 1.82) is 0 Å². The number of hydrogen-bond acceptors (Lipinski definition) is 11. The lowest BCUT2D eigenvalue weighted by Gasteiger charge is -2.25. The van der Waals surface area contributed by atoms with Gasteiger partial charge in [-0.3, -0.25) is 9.32 Å². The van der Waals surface area contributed by atoms with Crippen LogP contribution in [0, 0.1) is 0 Å². The fraction of sp³-hybridized carbons (Fsp3) is 0.500. The van der Waals surface area contributed by atoms with Crippen molar-refractivity contribution in [2.24, 2.45) is 0 Å². The van der Waals surface area contributed by atoms with E-state index in [0.29, 0.717) is 6.42 Å². The van der Waals surface area contributed by atoms with Gasteiger partial charge in [0.2, 0.25) is 0 Å². The maximum Gasteiger partial charge on any atom is 0.459 e. The summed E-state index contributed by atoms with van der Waals surface area (Å²) in [5.74, 6) is -0.381. The Balaban J connectivity index is 1.53. The minimum absolute atomic E-state index is 0.0845. The number of nitrogens with two attached hydrogens (primary N) is 1. The van der Waals surface area contributed by atoms with Gasteiger partial charge in [0, 0.05) is 0 Å². The molecule has 4 rings (SSSR count). The van der Waals surface area contributed by atoms with Gasteiger partial charge in [0.25, 0.3) is 0 Å². The highest BCUT2D eigenvalue weighted by molar-refractivity contribution is 7.52. The Kier molecular flexibility index (Phi) is 8.52. The van der Waals surface area contributed by atoms with Crippen molar-refractivity contribution in [3.05, 3.63) is 48.5 Å². The van der Waals surface area contributed by atoms with E-state index in [1.165, 1.54) is 24.0 Å². The van der Waals surface area contributed by atoms with Gasteiger partial charge in [-0.2, -0.15) is 10.2 Å². The molecule has 1 aliphatic heterocycles. The third kappa shape index (κ3) is 6.20. The molecule has 1 fully saturated rings. The summed E-state index contributed by atoms with van der Waals surface area (Å²) in [6, 6.07) is 7.08. The highest BCUT2D eigenvalue weighted by atomic mass is 31.2. The molecule has 1 unspecified atom stereocenters. The van der Waals surface area contributed by atoms with Crippen LogP contribution in [0.15, 0.2) is 42.9 Å². The number of nitrogen functional groups attached to an aromatic ring is 1. The second-order valence-corrected chi connectivity index (χ2v) is 11.1. The van der Waals surface area contributed by atoms with Crippen LogP contribution in [0.3, 0.4) is 0 Å². The quantitative estimate of drug-likeness (QED) is 0.229. The van der Waals surface area contributed by atoms with Crippen molar-refractivity contribution in [2.45, 2.75) is 70.2 Å². The molecule has 0 spiro atoms. The van der Waals surface area contributed by atoms with Crippen molar-refractivity contribution < 1.29 is 37.4 Å². The monoisotopic (exact) mass is 566 g/mol. The van der Waals surface area contributed by atoms with Crippen LogP contribution in [0.4, 0.5) is 10.2 Å². The standard InChI is InChI=1S/C24H32FN6O7P/c1-5-14(2)36-23(33)15(3)30-39(34,38-16-9-7-6-8-10-16)35-12-18-19(32)24(4,25)20(37-18)17-11-27-22-21(26)28-13-29-31(17)22/h6-11,13-15,18-20,32H,5,12H2,1-4H3,(H,30,34)(H2,26,28,29)/t14-,15+,18-,19-,20+,24-,39?/m1/s1. The van der Waals surface area contributed by atoms with E-state index in [1.807, 2.05) is 6.92 Å². The Morgan fingerprint density at radius 3 is 2.74 bits per heavy atom. The van der Waals surface area contributed by atoms with Crippen molar-refractivity contribution in [3.63, 3.8) is 0 Å². The van der Waals surface area contributed by atoms with E-state index in [1.54, 1.807) is 37.3 Å².